The number of thiophene rings is 1. The molecule has 3 rings (SSSR count). The van der Waals surface area contributed by atoms with Crippen LogP contribution in [0.2, 0.25) is 0 Å². The zero-order chi connectivity index (χ0) is 18.0. The van der Waals surface area contributed by atoms with Crippen LogP contribution >= 0.6 is 11.3 Å². The van der Waals surface area contributed by atoms with Gasteiger partial charge in [0.15, 0.2) is 6.17 Å². The summed E-state index contributed by atoms with van der Waals surface area (Å²) in [6.07, 6.45) is -6.90. The highest BCUT2D eigenvalue weighted by Crippen LogP contribution is 2.32. The van der Waals surface area contributed by atoms with Gasteiger partial charge in [-0.25, -0.2) is 4.39 Å². The summed E-state index contributed by atoms with van der Waals surface area (Å²) in [7, 11) is 0. The van der Waals surface area contributed by atoms with Gasteiger partial charge in [0.1, 0.15) is 24.1 Å². The van der Waals surface area contributed by atoms with E-state index in [1.54, 1.807) is 6.07 Å². The molecule has 3 N–H and O–H groups in total. The van der Waals surface area contributed by atoms with Gasteiger partial charge >= 0.3 is 0 Å². The van der Waals surface area contributed by atoms with Crippen molar-refractivity contribution in [1.82, 2.24) is 0 Å². The van der Waals surface area contributed by atoms with Crippen LogP contribution in [0.5, 0.6) is 5.75 Å². The largest absolute Gasteiger partial charge is 0.461 e. The summed E-state index contributed by atoms with van der Waals surface area (Å²) in [6.45, 7) is 1.42. The van der Waals surface area contributed by atoms with Crippen molar-refractivity contribution in [3.05, 3.63) is 51.7 Å². The first kappa shape index (κ1) is 18.3. The SMILES string of the molecule is Cc1ccccc1Cc1sccc1OC1OC(CO)C(F)C(O)C1O. The van der Waals surface area contributed by atoms with Crippen LogP contribution in [0.15, 0.2) is 35.7 Å². The number of alkyl halides is 1. The molecule has 1 aromatic carbocycles. The number of benzene rings is 1. The number of rotatable bonds is 5. The Morgan fingerprint density at radius 2 is 1.96 bits per heavy atom. The summed E-state index contributed by atoms with van der Waals surface area (Å²) < 4.78 is 24.8. The molecule has 0 amide bonds. The van der Waals surface area contributed by atoms with Crippen LogP contribution in [0.4, 0.5) is 4.39 Å². The quantitative estimate of drug-likeness (QED) is 0.750. The van der Waals surface area contributed by atoms with E-state index in [-0.39, 0.29) is 0 Å². The third kappa shape index (κ3) is 3.86. The maximum Gasteiger partial charge on any atom is 0.229 e. The molecule has 0 saturated carbocycles. The molecule has 1 fully saturated rings. The highest BCUT2D eigenvalue weighted by atomic mass is 32.1. The number of hydrogen-bond acceptors (Lipinski definition) is 6. The lowest BCUT2D eigenvalue weighted by molar-refractivity contribution is -0.265. The maximum absolute atomic E-state index is 13.8. The molecule has 136 valence electrons. The Kier molecular flexibility index (Phi) is 5.71. The number of ether oxygens (including phenoxy) is 2. The Labute approximate surface area is 149 Å². The fraction of sp³-hybridized carbons (Fsp3) is 0.444. The molecule has 5 nitrogen and oxygen atoms in total. The molecule has 1 aliphatic rings. The molecule has 5 unspecified atom stereocenters. The van der Waals surface area contributed by atoms with Gasteiger partial charge in [-0.05, 0) is 29.5 Å². The molecule has 1 aliphatic heterocycles. The number of aryl methyl sites for hydroxylation is 1. The van der Waals surface area contributed by atoms with E-state index in [2.05, 4.69) is 0 Å². The van der Waals surface area contributed by atoms with Gasteiger partial charge in [-0.1, -0.05) is 24.3 Å². The molecule has 7 heteroatoms. The summed E-state index contributed by atoms with van der Waals surface area (Å²) in [6, 6.07) is 9.75. The first-order valence-electron chi connectivity index (χ1n) is 8.05. The van der Waals surface area contributed by atoms with Crippen LogP contribution in [0.1, 0.15) is 16.0 Å². The van der Waals surface area contributed by atoms with E-state index in [0.717, 1.165) is 16.0 Å². The normalized spacial score (nSPS) is 29.6. The zero-order valence-corrected chi connectivity index (χ0v) is 14.5. The van der Waals surface area contributed by atoms with Gasteiger partial charge in [0.25, 0.3) is 0 Å². The molecular formula is C18H21FO5S. The smallest absolute Gasteiger partial charge is 0.229 e. The van der Waals surface area contributed by atoms with E-state index in [4.69, 9.17) is 9.47 Å². The highest BCUT2D eigenvalue weighted by Gasteiger charge is 2.46. The minimum absolute atomic E-state index is 0.513. The van der Waals surface area contributed by atoms with E-state index < -0.39 is 37.4 Å². The van der Waals surface area contributed by atoms with Gasteiger partial charge in [-0.15, -0.1) is 11.3 Å². The molecule has 0 radical (unpaired) electrons. The minimum atomic E-state index is -1.87. The van der Waals surface area contributed by atoms with E-state index in [9.17, 15) is 19.7 Å². The third-order valence-corrected chi connectivity index (χ3v) is 5.26. The topological polar surface area (TPSA) is 79.2 Å². The summed E-state index contributed by atoms with van der Waals surface area (Å²) in [5.74, 6) is 0.513. The Bertz CT molecular complexity index is 704. The van der Waals surface area contributed by atoms with Crippen LogP contribution in [-0.4, -0.2) is 52.7 Å². The molecule has 2 aromatic rings. The Balaban J connectivity index is 1.75. The maximum atomic E-state index is 13.8. The monoisotopic (exact) mass is 368 g/mol. The summed E-state index contributed by atoms with van der Waals surface area (Å²) >= 11 is 1.50. The molecule has 2 heterocycles. The van der Waals surface area contributed by atoms with E-state index in [1.807, 2.05) is 36.6 Å². The lowest BCUT2D eigenvalue weighted by Crippen LogP contribution is -2.58. The van der Waals surface area contributed by atoms with Gasteiger partial charge in [0, 0.05) is 6.42 Å². The van der Waals surface area contributed by atoms with Crippen molar-refractivity contribution in [3.8, 4) is 5.75 Å². The second-order valence-corrected chi connectivity index (χ2v) is 7.08. The molecular weight excluding hydrogens is 347 g/mol. The van der Waals surface area contributed by atoms with Gasteiger partial charge in [-0.3, -0.25) is 0 Å². The zero-order valence-electron chi connectivity index (χ0n) is 13.7. The van der Waals surface area contributed by atoms with Crippen molar-refractivity contribution in [3.63, 3.8) is 0 Å². The van der Waals surface area contributed by atoms with Gasteiger partial charge in [0.05, 0.1) is 11.5 Å². The lowest BCUT2D eigenvalue weighted by atomic mass is 10.0. The second kappa shape index (κ2) is 7.80. The average molecular weight is 368 g/mol. The van der Waals surface area contributed by atoms with Gasteiger partial charge in [-0.2, -0.15) is 0 Å². The third-order valence-electron chi connectivity index (χ3n) is 4.36. The van der Waals surface area contributed by atoms with Gasteiger partial charge in [0.2, 0.25) is 6.29 Å². The number of hydrogen-bond donors (Lipinski definition) is 3. The van der Waals surface area contributed by atoms with Crippen molar-refractivity contribution in [1.29, 1.82) is 0 Å². The molecule has 0 aliphatic carbocycles. The van der Waals surface area contributed by atoms with Crippen LogP contribution in [0.3, 0.4) is 0 Å². The first-order chi connectivity index (χ1) is 12.0. The van der Waals surface area contributed by atoms with Crippen molar-refractivity contribution >= 4 is 11.3 Å². The molecule has 0 bridgehead atoms. The van der Waals surface area contributed by atoms with Crippen LogP contribution < -0.4 is 4.74 Å². The second-order valence-electron chi connectivity index (χ2n) is 6.08. The molecule has 1 saturated heterocycles. The molecule has 1 aromatic heterocycles. The molecule has 25 heavy (non-hydrogen) atoms. The Morgan fingerprint density at radius 1 is 1.20 bits per heavy atom. The van der Waals surface area contributed by atoms with Crippen molar-refractivity contribution in [2.75, 3.05) is 6.61 Å². The van der Waals surface area contributed by atoms with E-state index >= 15 is 0 Å². The predicted octanol–water partition coefficient (Wildman–Crippen LogP) is 1.80. The standard InChI is InChI=1S/C18H21FO5S/c1-10-4-2-3-5-11(10)8-14-12(6-7-25-14)23-18-17(22)16(21)15(19)13(9-20)24-18/h2-7,13,15-18,20-22H,8-9H2,1H3. The fourth-order valence-corrected chi connectivity index (χ4v) is 3.63. The molecule has 5 atom stereocenters. The minimum Gasteiger partial charge on any atom is -0.461 e. The summed E-state index contributed by atoms with van der Waals surface area (Å²) in [4.78, 5) is 0.933. The molecule has 0 spiro atoms. The van der Waals surface area contributed by atoms with E-state index in [0.29, 0.717) is 12.2 Å². The van der Waals surface area contributed by atoms with Crippen molar-refractivity contribution < 1.29 is 29.2 Å². The number of aliphatic hydroxyl groups excluding tert-OH is 3. The number of aliphatic hydroxyl groups is 3. The summed E-state index contributed by atoms with van der Waals surface area (Å²) in [5.41, 5.74) is 2.31. The average Bonchev–Trinajstić information content (AvgIpc) is 3.04. The van der Waals surface area contributed by atoms with Crippen LogP contribution in [-0.2, 0) is 11.2 Å². The predicted molar refractivity (Wildman–Crippen MR) is 91.6 cm³/mol. The Hall–Kier alpha value is -1.51. The van der Waals surface area contributed by atoms with E-state index in [1.165, 1.54) is 11.3 Å². The van der Waals surface area contributed by atoms with Crippen molar-refractivity contribution in [2.24, 2.45) is 0 Å². The summed E-state index contributed by atoms with van der Waals surface area (Å²) in [5, 5.41) is 30.9. The fourth-order valence-electron chi connectivity index (χ4n) is 2.81. The Morgan fingerprint density at radius 3 is 2.68 bits per heavy atom. The highest BCUT2D eigenvalue weighted by molar-refractivity contribution is 7.10. The number of halogens is 1. The lowest BCUT2D eigenvalue weighted by Gasteiger charge is -2.38. The van der Waals surface area contributed by atoms with Gasteiger partial charge < -0.3 is 24.8 Å². The van der Waals surface area contributed by atoms with Crippen molar-refractivity contribution in [2.45, 2.75) is 44.1 Å². The van der Waals surface area contributed by atoms with Crippen LogP contribution in [0.25, 0.3) is 0 Å². The van der Waals surface area contributed by atoms with Crippen LogP contribution in [0, 0.1) is 6.92 Å². The first-order valence-corrected chi connectivity index (χ1v) is 8.93.